The smallest absolute Gasteiger partial charge is 0.163 e. The summed E-state index contributed by atoms with van der Waals surface area (Å²) in [6.45, 7) is 3.03. The lowest BCUT2D eigenvalue weighted by Crippen LogP contribution is -2.47. The summed E-state index contributed by atoms with van der Waals surface area (Å²) < 4.78 is 5.17. The van der Waals surface area contributed by atoms with Gasteiger partial charge < -0.3 is 9.64 Å². The molecule has 0 amide bonds. The summed E-state index contributed by atoms with van der Waals surface area (Å²) in [5, 5.41) is 26.4. The van der Waals surface area contributed by atoms with Crippen molar-refractivity contribution in [2.45, 2.75) is 6.04 Å². The number of hydrogen-bond donors (Lipinski definition) is 0. The summed E-state index contributed by atoms with van der Waals surface area (Å²) in [4.78, 5) is 4.28. The first-order chi connectivity index (χ1) is 12.2. The van der Waals surface area contributed by atoms with E-state index in [2.05, 4.69) is 26.1 Å². The zero-order valence-electron chi connectivity index (χ0n) is 14.0. The minimum atomic E-state index is -0.278. The predicted molar refractivity (Wildman–Crippen MR) is 91.9 cm³/mol. The van der Waals surface area contributed by atoms with Gasteiger partial charge in [-0.15, -0.1) is 10.2 Å². The van der Waals surface area contributed by atoms with Gasteiger partial charge in [0, 0.05) is 26.2 Å². The maximum absolute atomic E-state index is 9.61. The lowest BCUT2D eigenvalue weighted by Gasteiger charge is -2.37. The topological polar surface area (TPSA) is 89.1 Å². The maximum Gasteiger partial charge on any atom is 0.163 e. The molecular formula is C18H18N6O. The number of methoxy groups -OCH3 is 1. The molecule has 1 fully saturated rings. The molecule has 1 saturated heterocycles. The first kappa shape index (κ1) is 16.7. The van der Waals surface area contributed by atoms with E-state index in [4.69, 9.17) is 10.00 Å². The Morgan fingerprint density at radius 3 is 2.24 bits per heavy atom. The Balaban J connectivity index is 1.65. The van der Waals surface area contributed by atoms with Crippen molar-refractivity contribution < 1.29 is 4.74 Å². The van der Waals surface area contributed by atoms with Crippen LogP contribution < -0.4 is 9.64 Å². The molecule has 126 valence electrons. The van der Waals surface area contributed by atoms with Crippen molar-refractivity contribution in [1.29, 1.82) is 10.5 Å². The van der Waals surface area contributed by atoms with Gasteiger partial charge in [-0.3, -0.25) is 4.90 Å². The minimum Gasteiger partial charge on any atom is -0.497 e. The van der Waals surface area contributed by atoms with E-state index < -0.39 is 0 Å². The van der Waals surface area contributed by atoms with Crippen molar-refractivity contribution >= 4 is 5.82 Å². The van der Waals surface area contributed by atoms with E-state index in [-0.39, 0.29) is 6.04 Å². The third-order valence-corrected chi connectivity index (χ3v) is 4.32. The summed E-state index contributed by atoms with van der Waals surface area (Å²) in [6, 6.07) is 15.2. The monoisotopic (exact) mass is 334 g/mol. The van der Waals surface area contributed by atoms with Crippen LogP contribution in [0, 0.1) is 22.7 Å². The van der Waals surface area contributed by atoms with Crippen LogP contribution in [0.3, 0.4) is 0 Å². The number of nitrogens with zero attached hydrogens (tertiary/aromatic N) is 6. The van der Waals surface area contributed by atoms with Crippen LogP contribution in [0.2, 0.25) is 0 Å². The molecule has 7 nitrogen and oxygen atoms in total. The van der Waals surface area contributed by atoms with E-state index in [1.165, 1.54) is 0 Å². The molecule has 0 radical (unpaired) electrons. The Labute approximate surface area is 146 Å². The van der Waals surface area contributed by atoms with Gasteiger partial charge >= 0.3 is 0 Å². The van der Waals surface area contributed by atoms with Crippen molar-refractivity contribution in [3.63, 3.8) is 0 Å². The Bertz CT molecular complexity index is 782. The molecule has 0 bridgehead atoms. The van der Waals surface area contributed by atoms with Gasteiger partial charge in [-0.2, -0.15) is 10.5 Å². The van der Waals surface area contributed by atoms with Crippen molar-refractivity contribution in [3.8, 4) is 17.9 Å². The molecule has 25 heavy (non-hydrogen) atoms. The number of aromatic nitrogens is 2. The minimum absolute atomic E-state index is 0.278. The molecule has 1 aliphatic heterocycles. The van der Waals surface area contributed by atoms with Gasteiger partial charge in [-0.25, -0.2) is 0 Å². The number of benzene rings is 1. The zero-order valence-corrected chi connectivity index (χ0v) is 14.0. The number of rotatable bonds is 4. The van der Waals surface area contributed by atoms with Gasteiger partial charge in [0.1, 0.15) is 17.9 Å². The van der Waals surface area contributed by atoms with E-state index >= 15 is 0 Å². The lowest BCUT2D eigenvalue weighted by molar-refractivity contribution is 0.221. The van der Waals surface area contributed by atoms with Crippen LogP contribution in [0.1, 0.15) is 17.3 Å². The molecule has 0 N–H and O–H groups in total. The Kier molecular flexibility index (Phi) is 5.08. The molecule has 1 aliphatic rings. The Morgan fingerprint density at radius 1 is 1.00 bits per heavy atom. The van der Waals surface area contributed by atoms with E-state index in [0.717, 1.165) is 43.3 Å². The molecule has 1 aromatic heterocycles. The highest BCUT2D eigenvalue weighted by Gasteiger charge is 2.25. The molecule has 0 saturated carbocycles. The van der Waals surface area contributed by atoms with Crippen molar-refractivity contribution in [1.82, 2.24) is 15.1 Å². The average Bonchev–Trinajstić information content (AvgIpc) is 2.70. The van der Waals surface area contributed by atoms with Crippen LogP contribution >= 0.6 is 0 Å². The van der Waals surface area contributed by atoms with Crippen molar-refractivity contribution in [3.05, 3.63) is 47.7 Å². The highest BCUT2D eigenvalue weighted by molar-refractivity contribution is 5.40. The fourth-order valence-corrected chi connectivity index (χ4v) is 2.92. The van der Waals surface area contributed by atoms with E-state index in [1.807, 2.05) is 36.4 Å². The fraction of sp³-hybridized carbons (Fsp3) is 0.333. The molecule has 7 heteroatoms. The number of nitriles is 2. The van der Waals surface area contributed by atoms with Crippen molar-refractivity contribution in [2.75, 3.05) is 38.2 Å². The number of anilines is 1. The van der Waals surface area contributed by atoms with Crippen LogP contribution in [0.15, 0.2) is 36.4 Å². The van der Waals surface area contributed by atoms with Gasteiger partial charge in [-0.1, -0.05) is 12.1 Å². The van der Waals surface area contributed by atoms with Gasteiger partial charge in [0.2, 0.25) is 0 Å². The van der Waals surface area contributed by atoms with Crippen LogP contribution in [0.5, 0.6) is 5.75 Å². The van der Waals surface area contributed by atoms with Crippen LogP contribution in [0.4, 0.5) is 5.82 Å². The standard InChI is InChI=1S/C18H18N6O/c1-25-16-5-2-14(3-6-16)17(13-20)23-8-10-24(11-9-23)18-7-4-15(12-19)21-22-18/h2-7,17H,8-11H2,1H3/t17-/m1/s1. The molecule has 3 rings (SSSR count). The number of piperazine rings is 1. The quantitative estimate of drug-likeness (QED) is 0.841. The molecule has 0 unspecified atom stereocenters. The summed E-state index contributed by atoms with van der Waals surface area (Å²) >= 11 is 0. The first-order valence-electron chi connectivity index (χ1n) is 8.01. The van der Waals surface area contributed by atoms with Crippen LogP contribution in [-0.4, -0.2) is 48.4 Å². The summed E-state index contributed by atoms with van der Waals surface area (Å²) in [6.07, 6.45) is 0. The summed E-state index contributed by atoms with van der Waals surface area (Å²) in [7, 11) is 1.63. The van der Waals surface area contributed by atoms with E-state index in [9.17, 15) is 5.26 Å². The van der Waals surface area contributed by atoms with Crippen LogP contribution in [-0.2, 0) is 0 Å². The predicted octanol–water partition coefficient (Wildman–Crippen LogP) is 1.74. The molecule has 0 aliphatic carbocycles. The molecule has 1 aromatic carbocycles. The summed E-state index contributed by atoms with van der Waals surface area (Å²) in [5.74, 6) is 1.54. The SMILES string of the molecule is COc1ccc([C@@H](C#N)N2CCN(c3ccc(C#N)nn3)CC2)cc1. The van der Waals surface area contributed by atoms with E-state index in [0.29, 0.717) is 5.69 Å². The van der Waals surface area contributed by atoms with E-state index in [1.54, 1.807) is 13.2 Å². The second kappa shape index (κ2) is 7.61. The first-order valence-corrected chi connectivity index (χ1v) is 8.01. The largest absolute Gasteiger partial charge is 0.497 e. The average molecular weight is 334 g/mol. The van der Waals surface area contributed by atoms with Gasteiger partial charge in [0.25, 0.3) is 0 Å². The second-order valence-corrected chi connectivity index (χ2v) is 5.72. The third kappa shape index (κ3) is 3.68. The van der Waals surface area contributed by atoms with Crippen molar-refractivity contribution in [2.24, 2.45) is 0 Å². The highest BCUT2D eigenvalue weighted by atomic mass is 16.5. The maximum atomic E-state index is 9.61. The van der Waals surface area contributed by atoms with Crippen LogP contribution in [0.25, 0.3) is 0 Å². The third-order valence-electron chi connectivity index (χ3n) is 4.32. The molecule has 2 aromatic rings. The van der Waals surface area contributed by atoms with Gasteiger partial charge in [0.15, 0.2) is 11.5 Å². The lowest BCUT2D eigenvalue weighted by atomic mass is 10.1. The Morgan fingerprint density at radius 2 is 1.72 bits per heavy atom. The fourth-order valence-electron chi connectivity index (χ4n) is 2.92. The van der Waals surface area contributed by atoms with Gasteiger partial charge in [-0.05, 0) is 29.8 Å². The number of ether oxygens (including phenoxy) is 1. The molecule has 1 atom stereocenters. The Hall–Kier alpha value is -3.16. The molecule has 0 spiro atoms. The summed E-state index contributed by atoms with van der Waals surface area (Å²) in [5.41, 5.74) is 1.28. The highest BCUT2D eigenvalue weighted by Crippen LogP contribution is 2.24. The zero-order chi connectivity index (χ0) is 17.6. The molecule has 2 heterocycles. The number of hydrogen-bond acceptors (Lipinski definition) is 7. The normalized spacial score (nSPS) is 15.9. The van der Waals surface area contributed by atoms with Gasteiger partial charge in [0.05, 0.1) is 13.2 Å². The second-order valence-electron chi connectivity index (χ2n) is 5.72. The molecular weight excluding hydrogens is 316 g/mol.